The van der Waals surface area contributed by atoms with Crippen LogP contribution < -0.4 is 0 Å². The lowest BCUT2D eigenvalue weighted by molar-refractivity contribution is -0.143. The van der Waals surface area contributed by atoms with Gasteiger partial charge < -0.3 is 14.6 Å². The van der Waals surface area contributed by atoms with Gasteiger partial charge in [-0.05, 0) is 25.3 Å². The van der Waals surface area contributed by atoms with Gasteiger partial charge >= 0.3 is 12.1 Å². The molecule has 1 fully saturated rings. The first-order valence-electron chi connectivity index (χ1n) is 10.1. The van der Waals surface area contributed by atoms with E-state index < -0.39 is 6.10 Å². The summed E-state index contributed by atoms with van der Waals surface area (Å²) in [5, 5.41) is 10.2. The molecule has 6 nitrogen and oxygen atoms in total. The van der Waals surface area contributed by atoms with Gasteiger partial charge in [-0.2, -0.15) is 0 Å². The van der Waals surface area contributed by atoms with Gasteiger partial charge in [-0.25, -0.2) is 4.79 Å². The van der Waals surface area contributed by atoms with Crippen molar-refractivity contribution < 1.29 is 24.2 Å². The number of carbonyl (C=O) groups excluding carboxylic acids is 2. The largest absolute Gasteiger partial charge is 0.466 e. The Bertz CT molecular complexity index is 631. The molecule has 1 amide bonds. The number of amides is 1. The van der Waals surface area contributed by atoms with Crippen LogP contribution in [0.3, 0.4) is 0 Å². The van der Waals surface area contributed by atoms with Gasteiger partial charge in [-0.3, -0.25) is 9.69 Å². The van der Waals surface area contributed by atoms with Crippen molar-refractivity contribution in [2.45, 2.75) is 57.6 Å². The molecule has 0 radical (unpaired) electrons. The monoisotopic (exact) mass is 389 g/mol. The molecule has 1 unspecified atom stereocenters. The highest BCUT2D eigenvalue weighted by molar-refractivity contribution is 5.70. The van der Waals surface area contributed by atoms with Crippen molar-refractivity contribution in [3.8, 4) is 0 Å². The molecule has 1 aromatic rings. The van der Waals surface area contributed by atoms with E-state index in [1.165, 1.54) is 0 Å². The van der Waals surface area contributed by atoms with Crippen LogP contribution in [0.2, 0.25) is 0 Å². The second-order valence-electron chi connectivity index (χ2n) is 6.95. The van der Waals surface area contributed by atoms with Crippen LogP contribution in [0.25, 0.3) is 0 Å². The summed E-state index contributed by atoms with van der Waals surface area (Å²) in [6, 6.07) is 9.66. The number of cyclic esters (lactones) is 1. The molecule has 154 valence electrons. The Labute approximate surface area is 167 Å². The highest BCUT2D eigenvalue weighted by atomic mass is 16.6. The van der Waals surface area contributed by atoms with Crippen molar-refractivity contribution >= 4 is 12.1 Å². The fraction of sp³-hybridized carbons (Fsp3) is 0.545. The summed E-state index contributed by atoms with van der Waals surface area (Å²) in [5.74, 6) is -0.148. The van der Waals surface area contributed by atoms with Crippen molar-refractivity contribution in [2.75, 3.05) is 19.8 Å². The molecule has 2 rings (SSSR count). The molecule has 1 heterocycles. The zero-order valence-corrected chi connectivity index (χ0v) is 16.6. The lowest BCUT2D eigenvalue weighted by Crippen LogP contribution is -2.33. The first-order chi connectivity index (χ1) is 13.6. The first kappa shape index (κ1) is 22.0. The van der Waals surface area contributed by atoms with E-state index in [0.717, 1.165) is 31.2 Å². The van der Waals surface area contributed by atoms with Crippen LogP contribution in [0, 0.1) is 0 Å². The molecule has 0 saturated carbocycles. The SMILES string of the molecule is CCOC(=O)CCCCCCN1C(=O)OCC1C=C[C@H](O)Cc1ccccc1. The summed E-state index contributed by atoms with van der Waals surface area (Å²) >= 11 is 0. The molecule has 1 N–H and O–H groups in total. The fourth-order valence-corrected chi connectivity index (χ4v) is 3.20. The average molecular weight is 389 g/mol. The normalized spacial score (nSPS) is 17.7. The molecular weight excluding hydrogens is 358 g/mol. The molecule has 0 spiro atoms. The van der Waals surface area contributed by atoms with Gasteiger partial charge in [0.15, 0.2) is 0 Å². The molecule has 6 heteroatoms. The van der Waals surface area contributed by atoms with Crippen LogP contribution in [0.4, 0.5) is 4.79 Å². The van der Waals surface area contributed by atoms with Crippen LogP contribution in [0.5, 0.6) is 0 Å². The summed E-state index contributed by atoms with van der Waals surface area (Å²) < 4.78 is 10.1. The van der Waals surface area contributed by atoms with Gasteiger partial charge in [0.1, 0.15) is 6.61 Å². The van der Waals surface area contributed by atoms with Crippen molar-refractivity contribution in [1.29, 1.82) is 0 Å². The van der Waals surface area contributed by atoms with Gasteiger partial charge in [0.2, 0.25) is 0 Å². The van der Waals surface area contributed by atoms with E-state index in [9.17, 15) is 14.7 Å². The van der Waals surface area contributed by atoms with Crippen molar-refractivity contribution in [2.24, 2.45) is 0 Å². The second-order valence-corrected chi connectivity index (χ2v) is 6.95. The molecule has 0 bridgehead atoms. The summed E-state index contributed by atoms with van der Waals surface area (Å²) in [7, 11) is 0. The number of benzene rings is 1. The molecule has 0 aliphatic carbocycles. The molecule has 1 aliphatic rings. The summed E-state index contributed by atoms with van der Waals surface area (Å²) in [6.07, 6.45) is 7.22. The standard InChI is InChI=1S/C22H31NO5/c1-2-27-21(25)12-8-3-4-9-15-23-19(17-28-22(23)26)13-14-20(24)16-18-10-6-5-7-11-18/h5-7,10-11,13-14,19-20,24H,2-4,8-9,12,15-17H2,1H3/t19?,20-/m0/s1. The molecule has 28 heavy (non-hydrogen) atoms. The Balaban J connectivity index is 1.69. The molecule has 1 aliphatic heterocycles. The van der Waals surface area contributed by atoms with E-state index >= 15 is 0 Å². The lowest BCUT2D eigenvalue weighted by Gasteiger charge is -2.19. The van der Waals surface area contributed by atoms with E-state index in [2.05, 4.69) is 0 Å². The summed E-state index contributed by atoms with van der Waals surface area (Å²) in [5.41, 5.74) is 1.07. The number of esters is 1. The molecule has 0 aromatic heterocycles. The van der Waals surface area contributed by atoms with E-state index in [1.54, 1.807) is 17.9 Å². The third-order valence-electron chi connectivity index (χ3n) is 4.69. The van der Waals surface area contributed by atoms with Crippen LogP contribution >= 0.6 is 0 Å². The number of unbranched alkanes of at least 4 members (excludes halogenated alkanes) is 3. The van der Waals surface area contributed by atoms with E-state index in [4.69, 9.17) is 9.47 Å². The first-order valence-corrected chi connectivity index (χ1v) is 10.1. The van der Waals surface area contributed by atoms with Gasteiger partial charge in [0.05, 0.1) is 18.8 Å². The van der Waals surface area contributed by atoms with Crippen molar-refractivity contribution in [1.82, 2.24) is 4.90 Å². The Morgan fingerprint density at radius 1 is 1.29 bits per heavy atom. The van der Waals surface area contributed by atoms with Gasteiger partial charge in [0, 0.05) is 19.4 Å². The van der Waals surface area contributed by atoms with Gasteiger partial charge in [-0.15, -0.1) is 0 Å². The quantitative estimate of drug-likeness (QED) is 0.336. The van der Waals surface area contributed by atoms with Crippen LogP contribution in [-0.4, -0.2) is 54.0 Å². The van der Waals surface area contributed by atoms with Crippen LogP contribution in [0.1, 0.15) is 44.6 Å². The molecule has 1 saturated heterocycles. The Hall–Kier alpha value is -2.34. The highest BCUT2D eigenvalue weighted by Gasteiger charge is 2.30. The number of hydrogen-bond acceptors (Lipinski definition) is 5. The Morgan fingerprint density at radius 2 is 2.04 bits per heavy atom. The zero-order valence-electron chi connectivity index (χ0n) is 16.6. The number of ether oxygens (including phenoxy) is 2. The number of aliphatic hydroxyl groups excluding tert-OH is 1. The Morgan fingerprint density at radius 3 is 2.79 bits per heavy atom. The van der Waals surface area contributed by atoms with Gasteiger partial charge in [-0.1, -0.05) is 55.3 Å². The van der Waals surface area contributed by atoms with Crippen LogP contribution in [0.15, 0.2) is 42.5 Å². The third-order valence-corrected chi connectivity index (χ3v) is 4.69. The maximum Gasteiger partial charge on any atom is 0.410 e. The zero-order chi connectivity index (χ0) is 20.2. The minimum Gasteiger partial charge on any atom is -0.466 e. The van der Waals surface area contributed by atoms with Gasteiger partial charge in [0.25, 0.3) is 0 Å². The van der Waals surface area contributed by atoms with Crippen molar-refractivity contribution in [3.63, 3.8) is 0 Å². The van der Waals surface area contributed by atoms with Crippen molar-refractivity contribution in [3.05, 3.63) is 48.0 Å². The maximum absolute atomic E-state index is 11.9. The predicted octanol–water partition coefficient (Wildman–Crippen LogP) is 3.48. The molecular formula is C22H31NO5. The minimum absolute atomic E-state index is 0.141. The lowest BCUT2D eigenvalue weighted by atomic mass is 10.1. The summed E-state index contributed by atoms with van der Waals surface area (Å²) in [4.78, 5) is 24.9. The summed E-state index contributed by atoms with van der Waals surface area (Å²) in [6.45, 7) is 3.15. The molecule has 2 atom stereocenters. The van der Waals surface area contributed by atoms with E-state index in [-0.39, 0.29) is 18.1 Å². The topological polar surface area (TPSA) is 76.1 Å². The van der Waals surface area contributed by atoms with Crippen LogP contribution in [-0.2, 0) is 20.7 Å². The second kappa shape index (κ2) is 12.2. The van der Waals surface area contributed by atoms with E-state index in [1.807, 2.05) is 36.4 Å². The van der Waals surface area contributed by atoms with E-state index in [0.29, 0.717) is 32.6 Å². The smallest absolute Gasteiger partial charge is 0.410 e. The average Bonchev–Trinajstić information content (AvgIpc) is 3.03. The third kappa shape index (κ3) is 7.72. The number of nitrogens with zero attached hydrogens (tertiary/aromatic N) is 1. The highest BCUT2D eigenvalue weighted by Crippen LogP contribution is 2.16. The fourth-order valence-electron chi connectivity index (χ4n) is 3.20. The number of rotatable bonds is 12. The number of carbonyl (C=O) groups is 2. The predicted molar refractivity (Wildman–Crippen MR) is 107 cm³/mol. The molecule has 1 aromatic carbocycles. The number of aliphatic hydroxyl groups is 1. The Kier molecular flexibility index (Phi) is 9.55. The maximum atomic E-state index is 11.9. The minimum atomic E-state index is -0.595. The number of hydrogen-bond donors (Lipinski definition) is 1.